The fourth-order valence-electron chi connectivity index (χ4n) is 7.25. The Morgan fingerprint density at radius 2 is 2.03 bits per heavy atom. The van der Waals surface area contributed by atoms with Crippen LogP contribution in [0.3, 0.4) is 0 Å². The minimum Gasteiger partial charge on any atom is -0.458 e. The number of fused-ring (bicyclic) bond motifs is 5. The number of Topliss-reactive ketones (excluding diaryl/α,β-unsaturated/α-hetero) is 1. The molecule has 0 aliphatic heterocycles. The van der Waals surface area contributed by atoms with Crippen molar-refractivity contribution in [3.63, 3.8) is 0 Å². The average Bonchev–Trinajstić information content (AvgIpc) is 2.97. The highest BCUT2D eigenvalue weighted by molar-refractivity contribution is 6.01. The lowest BCUT2D eigenvalue weighted by molar-refractivity contribution is -0.773. The van der Waals surface area contributed by atoms with Crippen molar-refractivity contribution < 1.29 is 34.2 Å². The van der Waals surface area contributed by atoms with Gasteiger partial charge in [0.2, 0.25) is 5.78 Å². The van der Waals surface area contributed by atoms with Gasteiger partial charge in [0, 0.05) is 23.7 Å². The highest BCUT2D eigenvalue weighted by atomic mass is 17.0. The van der Waals surface area contributed by atoms with Crippen molar-refractivity contribution in [2.75, 3.05) is 6.61 Å². The average molecular weight is 447 g/mol. The number of aliphatic hydroxyl groups is 1. The van der Waals surface area contributed by atoms with Gasteiger partial charge in [-0.2, -0.15) is 0 Å². The second-order valence-electron chi connectivity index (χ2n) is 10.1. The van der Waals surface area contributed by atoms with Gasteiger partial charge in [-0.3, -0.25) is 14.4 Å². The summed E-state index contributed by atoms with van der Waals surface area (Å²) in [5, 5.41) is 22.2. The van der Waals surface area contributed by atoms with Crippen molar-refractivity contribution in [3.8, 4) is 0 Å². The van der Waals surface area contributed by atoms with Crippen LogP contribution in [0.15, 0.2) is 23.8 Å². The summed E-state index contributed by atoms with van der Waals surface area (Å²) in [4.78, 5) is 52.8. The minimum absolute atomic E-state index is 0.0331. The van der Waals surface area contributed by atoms with Crippen LogP contribution < -0.4 is 0 Å². The first kappa shape index (κ1) is 22.6. The summed E-state index contributed by atoms with van der Waals surface area (Å²) in [5.41, 5.74) is -2.34. The van der Waals surface area contributed by atoms with Gasteiger partial charge in [-0.1, -0.05) is 25.5 Å². The van der Waals surface area contributed by atoms with E-state index in [4.69, 9.17) is 9.57 Å². The van der Waals surface area contributed by atoms with Crippen LogP contribution in [0.25, 0.3) is 0 Å². The lowest BCUT2D eigenvalue weighted by Gasteiger charge is -2.59. The van der Waals surface area contributed by atoms with Gasteiger partial charge in [0.05, 0.1) is 0 Å². The zero-order valence-electron chi connectivity index (χ0n) is 18.5. The molecule has 0 saturated heterocycles. The summed E-state index contributed by atoms with van der Waals surface area (Å²) in [5.74, 6) is -1.64. The van der Waals surface area contributed by atoms with Gasteiger partial charge in [-0.15, -0.1) is 10.1 Å². The quantitative estimate of drug-likeness (QED) is 0.386. The van der Waals surface area contributed by atoms with Crippen molar-refractivity contribution in [2.24, 2.45) is 28.6 Å². The molecule has 0 unspecified atom stereocenters. The van der Waals surface area contributed by atoms with Gasteiger partial charge >= 0.3 is 5.97 Å². The number of hydrogen-bond donors (Lipinski definition) is 1. The van der Waals surface area contributed by atoms with E-state index in [1.54, 1.807) is 13.0 Å². The molecule has 3 saturated carbocycles. The second kappa shape index (κ2) is 7.50. The fraction of sp³-hybridized carbons (Fsp3) is 0.696. The maximum Gasteiger partial charge on any atom is 0.303 e. The molecule has 3 fully saturated rings. The number of rotatable bonds is 5. The largest absolute Gasteiger partial charge is 0.458 e. The number of carbonyl (C=O) groups is 3. The highest BCUT2D eigenvalue weighted by Crippen LogP contribution is 2.67. The molecule has 4 rings (SSSR count). The predicted molar refractivity (Wildman–Crippen MR) is 110 cm³/mol. The molecule has 0 heterocycles. The van der Waals surface area contributed by atoms with E-state index in [9.17, 15) is 29.6 Å². The van der Waals surface area contributed by atoms with E-state index in [0.717, 1.165) is 5.57 Å². The molecule has 0 aromatic heterocycles. The topological polar surface area (TPSA) is 133 Å². The normalized spacial score (nSPS) is 42.2. The molecule has 1 N–H and O–H groups in total. The number of hydrogen-bond acceptors (Lipinski definition) is 8. The summed E-state index contributed by atoms with van der Waals surface area (Å²) < 4.78 is 4.86. The summed E-state index contributed by atoms with van der Waals surface area (Å²) in [6.45, 7) is 4.46. The number of allylic oxidation sites excluding steroid dienone is 4. The van der Waals surface area contributed by atoms with Gasteiger partial charge in [0.15, 0.2) is 12.4 Å². The number of esters is 1. The lowest BCUT2D eigenvalue weighted by atomic mass is 9.46. The van der Waals surface area contributed by atoms with Gasteiger partial charge in [-0.05, 0) is 56.1 Å². The van der Waals surface area contributed by atoms with Crippen molar-refractivity contribution in [3.05, 3.63) is 33.9 Å². The number of ether oxygens (including phenoxy) is 1. The van der Waals surface area contributed by atoms with E-state index >= 15 is 0 Å². The Morgan fingerprint density at radius 1 is 1.31 bits per heavy atom. The summed E-state index contributed by atoms with van der Waals surface area (Å²) in [6.07, 6.45) is 6.40. The molecule has 174 valence electrons. The van der Waals surface area contributed by atoms with Crippen molar-refractivity contribution in [1.82, 2.24) is 0 Å². The molecule has 4 aliphatic carbocycles. The molecule has 4 aliphatic rings. The Bertz CT molecular complexity index is 940. The molecule has 0 amide bonds. The van der Waals surface area contributed by atoms with Crippen LogP contribution in [0.1, 0.15) is 52.9 Å². The first-order valence-corrected chi connectivity index (χ1v) is 11.1. The summed E-state index contributed by atoms with van der Waals surface area (Å²) in [7, 11) is 0. The first-order valence-electron chi connectivity index (χ1n) is 11.1. The Hall–Kier alpha value is -2.55. The second-order valence-corrected chi connectivity index (χ2v) is 10.1. The van der Waals surface area contributed by atoms with E-state index in [1.165, 1.54) is 13.0 Å². The molecule has 0 aromatic rings. The first-order chi connectivity index (χ1) is 14.9. The lowest BCUT2D eigenvalue weighted by Crippen LogP contribution is -2.62. The zero-order valence-corrected chi connectivity index (χ0v) is 18.5. The molecule has 0 radical (unpaired) electrons. The third kappa shape index (κ3) is 3.20. The Balaban J connectivity index is 1.73. The van der Waals surface area contributed by atoms with Crippen LogP contribution in [0.2, 0.25) is 0 Å². The molecule has 9 nitrogen and oxygen atoms in total. The Morgan fingerprint density at radius 3 is 2.69 bits per heavy atom. The van der Waals surface area contributed by atoms with Gasteiger partial charge in [0.25, 0.3) is 5.09 Å². The maximum absolute atomic E-state index is 13.0. The standard InChI is InChI=1S/C23H29NO8/c1-13(25)31-12-19(27)23(28)9-7-17-16-5-4-14-10-15(26)6-8-21(14,2)20(16)18(32-24(29)30)11-22(17,23)3/h6,8,10,16-18,20,28H,4-5,7,9,11-12H2,1-3H3/t16-,17-,18-,20+,21-,22-,23-/m0/s1. The summed E-state index contributed by atoms with van der Waals surface area (Å²) in [6, 6.07) is 0. The molecule has 0 aromatic carbocycles. The highest BCUT2D eigenvalue weighted by Gasteiger charge is 2.68. The Kier molecular flexibility index (Phi) is 5.31. The molecule has 0 spiro atoms. The van der Waals surface area contributed by atoms with Gasteiger partial charge in [0.1, 0.15) is 11.7 Å². The van der Waals surface area contributed by atoms with Crippen LogP contribution >= 0.6 is 0 Å². The van der Waals surface area contributed by atoms with Crippen LogP contribution in [0, 0.1) is 38.7 Å². The van der Waals surface area contributed by atoms with E-state index < -0.39 is 46.0 Å². The number of nitrogens with zero attached hydrogens (tertiary/aromatic N) is 1. The van der Waals surface area contributed by atoms with E-state index in [-0.39, 0.29) is 36.4 Å². The fourth-order valence-corrected chi connectivity index (χ4v) is 7.25. The molecule has 9 heteroatoms. The monoisotopic (exact) mass is 447 g/mol. The zero-order chi connectivity index (χ0) is 23.5. The number of ketones is 2. The van der Waals surface area contributed by atoms with Crippen LogP contribution in [-0.4, -0.2) is 46.0 Å². The maximum atomic E-state index is 13.0. The number of carbonyl (C=O) groups excluding carboxylic acids is 3. The van der Waals surface area contributed by atoms with Gasteiger partial charge < -0.3 is 14.7 Å². The van der Waals surface area contributed by atoms with Crippen LogP contribution in [0.4, 0.5) is 0 Å². The van der Waals surface area contributed by atoms with Gasteiger partial charge in [-0.25, -0.2) is 0 Å². The van der Waals surface area contributed by atoms with E-state index in [0.29, 0.717) is 19.3 Å². The predicted octanol–water partition coefficient (Wildman–Crippen LogP) is 2.34. The third-order valence-electron chi connectivity index (χ3n) is 8.72. The molecule has 7 atom stereocenters. The smallest absolute Gasteiger partial charge is 0.303 e. The molecule has 32 heavy (non-hydrogen) atoms. The minimum atomic E-state index is -1.76. The molecule has 0 bridgehead atoms. The third-order valence-corrected chi connectivity index (χ3v) is 8.72. The SMILES string of the molecule is CC(=O)OCC(=O)[C@@]1(O)CC[C@H]2[C@@H]3CCC4=CC(=O)C=C[C@]4(C)[C@H]3[C@@H](O[N+](=O)[O-])C[C@@]21C. The van der Waals surface area contributed by atoms with Crippen molar-refractivity contribution in [1.29, 1.82) is 0 Å². The Labute approximate surface area is 185 Å². The van der Waals surface area contributed by atoms with Crippen LogP contribution in [-0.2, 0) is 24.0 Å². The van der Waals surface area contributed by atoms with Crippen molar-refractivity contribution in [2.45, 2.75) is 64.6 Å². The molecular formula is C23H29NO8. The van der Waals surface area contributed by atoms with E-state index in [2.05, 4.69) is 0 Å². The summed E-state index contributed by atoms with van der Waals surface area (Å²) >= 11 is 0. The van der Waals surface area contributed by atoms with Crippen LogP contribution in [0.5, 0.6) is 0 Å². The van der Waals surface area contributed by atoms with Crippen molar-refractivity contribution >= 4 is 17.5 Å². The van der Waals surface area contributed by atoms with E-state index in [1.807, 2.05) is 13.0 Å². The molecular weight excluding hydrogens is 418 g/mol.